The first-order valence-electron chi connectivity index (χ1n) is 7.26. The van der Waals surface area contributed by atoms with Crippen LogP contribution in [0.15, 0.2) is 48.5 Å². The lowest BCUT2D eigenvalue weighted by molar-refractivity contribution is 0.406. The van der Waals surface area contributed by atoms with E-state index in [4.69, 9.17) is 4.74 Å². The Morgan fingerprint density at radius 2 is 1.70 bits per heavy atom. The summed E-state index contributed by atoms with van der Waals surface area (Å²) in [4.78, 5) is 0. The summed E-state index contributed by atoms with van der Waals surface area (Å²) in [5.41, 5.74) is 3.72. The van der Waals surface area contributed by atoms with Crippen molar-refractivity contribution >= 4 is 5.69 Å². The molecular formula is C18H23NO. The molecule has 2 aromatic rings. The highest BCUT2D eigenvalue weighted by Gasteiger charge is 2.13. The molecule has 20 heavy (non-hydrogen) atoms. The Labute approximate surface area is 121 Å². The van der Waals surface area contributed by atoms with E-state index in [1.165, 1.54) is 11.1 Å². The van der Waals surface area contributed by atoms with Gasteiger partial charge in [-0.1, -0.05) is 44.2 Å². The fraction of sp³-hybridized carbons (Fsp3) is 0.333. The van der Waals surface area contributed by atoms with Gasteiger partial charge in [-0.2, -0.15) is 0 Å². The summed E-state index contributed by atoms with van der Waals surface area (Å²) in [5, 5.41) is 3.59. The van der Waals surface area contributed by atoms with E-state index in [1.807, 2.05) is 12.1 Å². The molecule has 0 aromatic heterocycles. The summed E-state index contributed by atoms with van der Waals surface area (Å²) >= 11 is 0. The number of methoxy groups -OCH3 is 1. The van der Waals surface area contributed by atoms with Crippen LogP contribution in [0.1, 0.15) is 37.4 Å². The molecule has 0 radical (unpaired) electrons. The van der Waals surface area contributed by atoms with Gasteiger partial charge in [0, 0.05) is 11.3 Å². The molecule has 0 heterocycles. The third-order valence-corrected chi connectivity index (χ3v) is 3.63. The van der Waals surface area contributed by atoms with Crippen LogP contribution in [0, 0.1) is 0 Å². The Morgan fingerprint density at radius 1 is 1.00 bits per heavy atom. The zero-order valence-electron chi connectivity index (χ0n) is 12.5. The number of ether oxygens (including phenoxy) is 1. The van der Waals surface area contributed by atoms with Gasteiger partial charge in [0.1, 0.15) is 5.75 Å². The van der Waals surface area contributed by atoms with Crippen LogP contribution in [-0.2, 0) is 6.42 Å². The van der Waals surface area contributed by atoms with Gasteiger partial charge >= 0.3 is 0 Å². The van der Waals surface area contributed by atoms with Crippen molar-refractivity contribution in [3.8, 4) is 5.75 Å². The second-order valence-corrected chi connectivity index (χ2v) is 4.90. The Kier molecular flexibility index (Phi) is 5.05. The number of para-hydroxylation sites is 1. The molecule has 2 nitrogen and oxygen atoms in total. The highest BCUT2D eigenvalue weighted by atomic mass is 16.5. The van der Waals surface area contributed by atoms with E-state index < -0.39 is 0 Å². The zero-order valence-corrected chi connectivity index (χ0v) is 12.5. The molecule has 0 saturated carbocycles. The van der Waals surface area contributed by atoms with E-state index in [0.717, 1.165) is 24.3 Å². The Hall–Kier alpha value is -1.96. The third-order valence-electron chi connectivity index (χ3n) is 3.63. The van der Waals surface area contributed by atoms with Gasteiger partial charge in [-0.05, 0) is 36.6 Å². The first kappa shape index (κ1) is 14.4. The van der Waals surface area contributed by atoms with E-state index in [9.17, 15) is 0 Å². The minimum atomic E-state index is 0.263. The second-order valence-electron chi connectivity index (χ2n) is 4.90. The molecule has 106 valence electrons. The molecule has 1 N–H and O–H groups in total. The highest BCUT2D eigenvalue weighted by Crippen LogP contribution is 2.29. The molecule has 0 aliphatic rings. The Bertz CT molecular complexity index is 533. The standard InChI is InChI=1S/C18H23NO/c1-4-14-10-12-15(13-11-14)19-17(5-2)16-8-6-7-9-18(16)20-3/h6-13,17,19H,4-5H2,1-3H3. The summed E-state index contributed by atoms with van der Waals surface area (Å²) in [7, 11) is 1.72. The minimum Gasteiger partial charge on any atom is -0.496 e. The lowest BCUT2D eigenvalue weighted by Crippen LogP contribution is -2.11. The lowest BCUT2D eigenvalue weighted by atomic mass is 10.0. The molecule has 0 bridgehead atoms. The van der Waals surface area contributed by atoms with Crippen LogP contribution < -0.4 is 10.1 Å². The van der Waals surface area contributed by atoms with Crippen molar-refractivity contribution in [1.82, 2.24) is 0 Å². The van der Waals surface area contributed by atoms with Crippen LogP contribution in [0.4, 0.5) is 5.69 Å². The fourth-order valence-corrected chi connectivity index (χ4v) is 2.39. The maximum atomic E-state index is 5.46. The van der Waals surface area contributed by atoms with E-state index in [-0.39, 0.29) is 6.04 Å². The zero-order chi connectivity index (χ0) is 14.4. The number of hydrogen-bond donors (Lipinski definition) is 1. The van der Waals surface area contributed by atoms with Gasteiger partial charge in [0.05, 0.1) is 13.2 Å². The normalized spacial score (nSPS) is 11.9. The molecule has 2 aromatic carbocycles. The maximum Gasteiger partial charge on any atom is 0.124 e. The molecule has 0 aliphatic carbocycles. The summed E-state index contributed by atoms with van der Waals surface area (Å²) in [6, 6.07) is 17.1. The molecule has 0 saturated heterocycles. The fourth-order valence-electron chi connectivity index (χ4n) is 2.39. The lowest BCUT2D eigenvalue weighted by Gasteiger charge is -2.21. The van der Waals surface area contributed by atoms with E-state index >= 15 is 0 Å². The summed E-state index contributed by atoms with van der Waals surface area (Å²) < 4.78 is 5.46. The predicted molar refractivity (Wildman–Crippen MR) is 85.5 cm³/mol. The monoisotopic (exact) mass is 269 g/mol. The van der Waals surface area contributed by atoms with Crippen molar-refractivity contribution in [2.24, 2.45) is 0 Å². The quantitative estimate of drug-likeness (QED) is 0.811. The average molecular weight is 269 g/mol. The van der Waals surface area contributed by atoms with E-state index in [1.54, 1.807) is 7.11 Å². The van der Waals surface area contributed by atoms with Crippen molar-refractivity contribution in [2.45, 2.75) is 32.7 Å². The topological polar surface area (TPSA) is 21.3 Å². The maximum absolute atomic E-state index is 5.46. The van der Waals surface area contributed by atoms with Crippen LogP contribution in [0.3, 0.4) is 0 Å². The van der Waals surface area contributed by atoms with Crippen molar-refractivity contribution in [1.29, 1.82) is 0 Å². The average Bonchev–Trinajstić information content (AvgIpc) is 2.53. The molecule has 0 amide bonds. The van der Waals surface area contributed by atoms with Crippen molar-refractivity contribution in [3.63, 3.8) is 0 Å². The van der Waals surface area contributed by atoms with Gasteiger partial charge < -0.3 is 10.1 Å². The van der Waals surface area contributed by atoms with Gasteiger partial charge in [0.25, 0.3) is 0 Å². The van der Waals surface area contributed by atoms with Crippen molar-refractivity contribution in [3.05, 3.63) is 59.7 Å². The smallest absolute Gasteiger partial charge is 0.124 e. The van der Waals surface area contributed by atoms with Crippen LogP contribution in [-0.4, -0.2) is 7.11 Å². The Morgan fingerprint density at radius 3 is 2.30 bits per heavy atom. The van der Waals surface area contributed by atoms with Gasteiger partial charge in [0.15, 0.2) is 0 Å². The second kappa shape index (κ2) is 6.99. The SMILES string of the molecule is CCc1ccc(NC(CC)c2ccccc2OC)cc1. The van der Waals surface area contributed by atoms with Gasteiger partial charge in [0.2, 0.25) is 0 Å². The number of hydrogen-bond acceptors (Lipinski definition) is 2. The molecule has 0 aliphatic heterocycles. The number of aryl methyl sites for hydroxylation is 1. The minimum absolute atomic E-state index is 0.263. The molecule has 1 unspecified atom stereocenters. The van der Waals surface area contributed by atoms with Gasteiger partial charge in [-0.3, -0.25) is 0 Å². The largest absolute Gasteiger partial charge is 0.496 e. The van der Waals surface area contributed by atoms with Gasteiger partial charge in [-0.25, -0.2) is 0 Å². The molecule has 2 rings (SSSR count). The van der Waals surface area contributed by atoms with E-state index in [2.05, 4.69) is 55.6 Å². The first-order chi connectivity index (χ1) is 9.78. The van der Waals surface area contributed by atoms with Crippen molar-refractivity contribution < 1.29 is 4.74 Å². The summed E-state index contributed by atoms with van der Waals surface area (Å²) in [6.45, 7) is 4.36. The van der Waals surface area contributed by atoms with Crippen LogP contribution in [0.2, 0.25) is 0 Å². The number of nitrogens with one attached hydrogen (secondary N) is 1. The Balaban J connectivity index is 2.19. The van der Waals surface area contributed by atoms with Crippen molar-refractivity contribution in [2.75, 3.05) is 12.4 Å². The van der Waals surface area contributed by atoms with Crippen LogP contribution in [0.25, 0.3) is 0 Å². The van der Waals surface area contributed by atoms with Crippen LogP contribution >= 0.6 is 0 Å². The van der Waals surface area contributed by atoms with Crippen LogP contribution in [0.5, 0.6) is 5.75 Å². The highest BCUT2D eigenvalue weighted by molar-refractivity contribution is 5.48. The first-order valence-corrected chi connectivity index (χ1v) is 7.26. The van der Waals surface area contributed by atoms with Gasteiger partial charge in [-0.15, -0.1) is 0 Å². The molecule has 0 fully saturated rings. The number of rotatable bonds is 6. The molecular weight excluding hydrogens is 246 g/mol. The number of benzene rings is 2. The molecule has 2 heteroatoms. The van der Waals surface area contributed by atoms with E-state index in [0.29, 0.717) is 0 Å². The summed E-state index contributed by atoms with van der Waals surface area (Å²) in [6.07, 6.45) is 2.08. The molecule has 1 atom stereocenters. The number of anilines is 1. The molecule has 0 spiro atoms. The summed E-state index contributed by atoms with van der Waals surface area (Å²) in [5.74, 6) is 0.942. The predicted octanol–water partition coefficient (Wildman–Crippen LogP) is 4.82. The third kappa shape index (κ3) is 3.32.